The quantitative estimate of drug-likeness (QED) is 0.871. The molecule has 1 N–H and O–H groups in total. The van der Waals surface area contributed by atoms with E-state index in [1.165, 1.54) is 7.11 Å². The van der Waals surface area contributed by atoms with Gasteiger partial charge in [0.15, 0.2) is 0 Å². The largest absolute Gasteiger partial charge is 0.494 e. The van der Waals surface area contributed by atoms with E-state index in [1.54, 1.807) is 0 Å². The second kappa shape index (κ2) is 9.72. The highest BCUT2D eigenvalue weighted by molar-refractivity contribution is 7.92. The van der Waals surface area contributed by atoms with Gasteiger partial charge in [-0.1, -0.05) is 54.5 Å². The number of sulfonamides is 1. The Morgan fingerprint density at radius 1 is 1.05 bits per heavy atom. The summed E-state index contributed by atoms with van der Waals surface area (Å²) in [4.78, 5) is 0. The molecule has 0 aliphatic rings. The molecule has 0 spiro atoms. The first-order valence-corrected chi connectivity index (χ1v) is 9.60. The van der Waals surface area contributed by atoms with Crippen molar-refractivity contribution in [3.8, 4) is 5.75 Å². The van der Waals surface area contributed by atoms with Crippen LogP contribution in [0.2, 0.25) is 0 Å². The first-order chi connectivity index (χ1) is 10.0. The average molecular weight is 332 g/mol. The third-order valence-corrected chi connectivity index (χ3v) is 3.23. The molecule has 0 amide bonds. The summed E-state index contributed by atoms with van der Waals surface area (Å²) in [5.74, 6) is 0.563. The zero-order chi connectivity index (χ0) is 18.1. The van der Waals surface area contributed by atoms with E-state index in [0.29, 0.717) is 11.4 Å². The molecule has 0 saturated carbocycles. The fourth-order valence-electron chi connectivity index (χ4n) is 1.75. The summed E-state index contributed by atoms with van der Waals surface area (Å²) in [6.07, 6.45) is 1.13. The summed E-state index contributed by atoms with van der Waals surface area (Å²) in [6, 6.07) is 3.85. The molecule has 0 saturated heterocycles. The van der Waals surface area contributed by atoms with Crippen molar-refractivity contribution in [1.29, 1.82) is 0 Å². The zero-order valence-electron chi connectivity index (χ0n) is 15.8. The molecule has 1 aromatic rings. The first-order valence-electron chi connectivity index (χ1n) is 7.71. The van der Waals surface area contributed by atoms with Crippen molar-refractivity contribution in [1.82, 2.24) is 0 Å². The molecule has 0 unspecified atom stereocenters. The van der Waals surface area contributed by atoms with Crippen LogP contribution in [0.4, 0.5) is 5.69 Å². The predicted octanol–water partition coefficient (Wildman–Crippen LogP) is 4.73. The molecule has 5 heteroatoms. The summed E-state index contributed by atoms with van der Waals surface area (Å²) in [7, 11) is -1.78. The summed E-state index contributed by atoms with van der Waals surface area (Å²) in [5.41, 5.74) is 2.42. The minimum Gasteiger partial charge on any atom is -0.494 e. The van der Waals surface area contributed by atoms with Gasteiger partial charge in [-0.05, 0) is 29.5 Å². The van der Waals surface area contributed by atoms with Crippen LogP contribution in [-0.2, 0) is 15.4 Å². The van der Waals surface area contributed by atoms with Gasteiger partial charge in [0.25, 0.3) is 0 Å². The molecule has 4 nitrogen and oxygen atoms in total. The molecular weight excluding hydrogens is 298 g/mol. The third-order valence-electron chi connectivity index (χ3n) is 2.64. The first kappa shape index (κ1) is 23.0. The zero-order valence-corrected chi connectivity index (χ0v) is 16.6. The van der Waals surface area contributed by atoms with Gasteiger partial charge in [0, 0.05) is 0 Å². The molecule has 0 aromatic heterocycles. The Kier molecular flexibility index (Phi) is 10.2. The lowest BCUT2D eigenvalue weighted by atomic mass is 9.86. The highest BCUT2D eigenvalue weighted by atomic mass is 32.2. The van der Waals surface area contributed by atoms with Crippen LogP contribution in [0.15, 0.2) is 12.1 Å². The molecule has 0 aliphatic carbocycles. The molecular formula is C17H33NO3S. The van der Waals surface area contributed by atoms with Gasteiger partial charge in [0.2, 0.25) is 10.0 Å². The minimum absolute atomic E-state index is 0.0506. The van der Waals surface area contributed by atoms with Gasteiger partial charge in [-0.2, -0.15) is 0 Å². The van der Waals surface area contributed by atoms with Crippen LogP contribution < -0.4 is 9.46 Å². The van der Waals surface area contributed by atoms with Gasteiger partial charge in [-0.15, -0.1) is 0 Å². The Morgan fingerprint density at radius 3 is 1.82 bits per heavy atom. The summed E-state index contributed by atoms with van der Waals surface area (Å²) in [5, 5.41) is 0. The number of anilines is 1. The van der Waals surface area contributed by atoms with Gasteiger partial charge < -0.3 is 4.74 Å². The number of ether oxygens (including phenoxy) is 1. The Balaban J connectivity index is 0. The Morgan fingerprint density at radius 2 is 1.50 bits per heavy atom. The number of hydrogen-bond donors (Lipinski definition) is 1. The second-order valence-electron chi connectivity index (χ2n) is 5.50. The van der Waals surface area contributed by atoms with Crippen molar-refractivity contribution in [2.75, 3.05) is 18.1 Å². The van der Waals surface area contributed by atoms with Gasteiger partial charge in [0.1, 0.15) is 5.75 Å². The number of rotatable bonds is 3. The van der Waals surface area contributed by atoms with Crippen LogP contribution in [0.5, 0.6) is 5.75 Å². The van der Waals surface area contributed by atoms with E-state index in [2.05, 4.69) is 25.5 Å². The van der Waals surface area contributed by atoms with Crippen molar-refractivity contribution in [2.24, 2.45) is 0 Å². The van der Waals surface area contributed by atoms with Gasteiger partial charge in [-0.3, -0.25) is 4.72 Å². The van der Waals surface area contributed by atoms with Gasteiger partial charge in [0.05, 0.1) is 19.1 Å². The number of benzene rings is 1. The van der Waals surface area contributed by atoms with Gasteiger partial charge in [-0.25, -0.2) is 8.42 Å². The topological polar surface area (TPSA) is 55.4 Å². The summed E-state index contributed by atoms with van der Waals surface area (Å²) in [6.45, 7) is 16.1. The molecule has 0 heterocycles. The maximum absolute atomic E-state index is 11.4. The molecule has 1 aromatic carbocycles. The highest BCUT2D eigenvalue weighted by Crippen LogP contribution is 2.35. The molecule has 130 valence electrons. The smallest absolute Gasteiger partial charge is 0.229 e. The van der Waals surface area contributed by atoms with Crippen LogP contribution in [0.25, 0.3) is 0 Å². The van der Waals surface area contributed by atoms with Crippen molar-refractivity contribution in [2.45, 2.75) is 60.8 Å². The fraction of sp³-hybridized carbons (Fsp3) is 0.647. The highest BCUT2D eigenvalue weighted by Gasteiger charge is 2.19. The standard InChI is InChI=1S/C13H21NO3S.2C2H6/c1-9-7-10(13(2,3)4)8-11(12(9)17-5)14-18(6,15)16;2*1-2/h7-8,14H,1-6H3;2*1-2H3. The van der Waals surface area contributed by atoms with Crippen LogP contribution in [0.3, 0.4) is 0 Å². The predicted molar refractivity (Wildman–Crippen MR) is 97.6 cm³/mol. The Bertz CT molecular complexity index is 544. The van der Waals surface area contributed by atoms with E-state index >= 15 is 0 Å². The van der Waals surface area contributed by atoms with Crippen LogP contribution in [0, 0.1) is 6.92 Å². The number of methoxy groups -OCH3 is 1. The van der Waals surface area contributed by atoms with E-state index in [0.717, 1.165) is 17.4 Å². The van der Waals surface area contributed by atoms with E-state index < -0.39 is 10.0 Å². The number of nitrogens with one attached hydrogen (secondary N) is 1. The van der Waals surface area contributed by atoms with E-state index in [-0.39, 0.29) is 5.41 Å². The second-order valence-corrected chi connectivity index (χ2v) is 7.25. The average Bonchev–Trinajstić information content (AvgIpc) is 2.40. The Labute approximate surface area is 137 Å². The van der Waals surface area contributed by atoms with Crippen molar-refractivity contribution in [3.05, 3.63) is 23.3 Å². The molecule has 0 bridgehead atoms. The lowest BCUT2D eigenvalue weighted by Gasteiger charge is -2.22. The van der Waals surface area contributed by atoms with Crippen molar-refractivity contribution >= 4 is 15.7 Å². The lowest BCUT2D eigenvalue weighted by molar-refractivity contribution is 0.413. The van der Waals surface area contributed by atoms with Crippen LogP contribution in [-0.4, -0.2) is 21.8 Å². The van der Waals surface area contributed by atoms with Crippen molar-refractivity contribution < 1.29 is 13.2 Å². The number of aryl methyl sites for hydroxylation is 1. The summed E-state index contributed by atoms with van der Waals surface area (Å²) >= 11 is 0. The van der Waals surface area contributed by atoms with E-state index in [1.807, 2.05) is 46.8 Å². The molecule has 0 aliphatic heterocycles. The normalized spacial score (nSPS) is 10.6. The van der Waals surface area contributed by atoms with E-state index in [9.17, 15) is 8.42 Å². The molecule has 0 fully saturated rings. The third kappa shape index (κ3) is 7.69. The number of hydrogen-bond acceptors (Lipinski definition) is 3. The minimum atomic E-state index is -3.32. The lowest BCUT2D eigenvalue weighted by Crippen LogP contribution is -2.15. The maximum Gasteiger partial charge on any atom is 0.229 e. The monoisotopic (exact) mass is 331 g/mol. The molecule has 0 atom stereocenters. The molecule has 0 radical (unpaired) electrons. The Hall–Kier alpha value is -1.23. The fourth-order valence-corrected chi connectivity index (χ4v) is 2.30. The van der Waals surface area contributed by atoms with Gasteiger partial charge >= 0.3 is 0 Å². The molecule has 1 rings (SSSR count). The SMILES string of the molecule is CC.CC.COc1c(C)cc(C(C)(C)C)cc1NS(C)(=O)=O. The van der Waals surface area contributed by atoms with Crippen LogP contribution in [0.1, 0.15) is 59.6 Å². The van der Waals surface area contributed by atoms with E-state index in [4.69, 9.17) is 4.74 Å². The van der Waals surface area contributed by atoms with Crippen molar-refractivity contribution in [3.63, 3.8) is 0 Å². The molecule has 22 heavy (non-hydrogen) atoms. The van der Waals surface area contributed by atoms with Crippen LogP contribution >= 0.6 is 0 Å². The maximum atomic E-state index is 11.4. The summed E-state index contributed by atoms with van der Waals surface area (Å²) < 4.78 is 30.5.